The normalized spacial score (nSPS) is 11.4. The van der Waals surface area contributed by atoms with Gasteiger partial charge in [-0.1, -0.05) is 12.1 Å². The van der Waals surface area contributed by atoms with Crippen molar-refractivity contribution in [3.05, 3.63) is 101 Å². The predicted octanol–water partition coefficient (Wildman–Crippen LogP) is 5.46. The van der Waals surface area contributed by atoms with Crippen molar-refractivity contribution in [3.8, 4) is 5.75 Å². The molecule has 182 valence electrons. The molecule has 6 nitrogen and oxygen atoms in total. The Morgan fingerprint density at radius 3 is 2.69 bits per heavy atom. The van der Waals surface area contributed by atoms with Crippen LogP contribution in [0.4, 0.5) is 8.78 Å². The van der Waals surface area contributed by atoms with Crippen LogP contribution >= 0.6 is 0 Å². The number of rotatable bonds is 12. The highest BCUT2D eigenvalue weighted by atomic mass is 19.1. The molecule has 0 spiro atoms. The number of halogens is 2. The monoisotopic (exact) mass is 479 g/mol. The van der Waals surface area contributed by atoms with E-state index in [1.54, 1.807) is 6.20 Å². The van der Waals surface area contributed by atoms with Crippen LogP contribution in [-0.4, -0.2) is 26.2 Å². The first-order chi connectivity index (χ1) is 17.1. The molecular weight excluding hydrogens is 452 g/mol. The number of aryl methyl sites for hydroxylation is 2. The highest BCUT2D eigenvalue weighted by Gasteiger charge is 2.05. The fourth-order valence-corrected chi connectivity index (χ4v) is 3.66. The summed E-state index contributed by atoms with van der Waals surface area (Å²) >= 11 is 0. The molecule has 0 saturated heterocycles. The van der Waals surface area contributed by atoms with E-state index >= 15 is 0 Å². The van der Waals surface area contributed by atoms with E-state index in [9.17, 15) is 8.78 Å². The lowest BCUT2D eigenvalue weighted by molar-refractivity contribution is 0.294. The number of oxazole rings is 1. The molecule has 0 unspecified atom stereocenters. The fraction of sp³-hybridized carbons (Fsp3) is 0.259. The Morgan fingerprint density at radius 2 is 1.89 bits per heavy atom. The van der Waals surface area contributed by atoms with Crippen LogP contribution < -0.4 is 4.74 Å². The summed E-state index contributed by atoms with van der Waals surface area (Å²) in [6.45, 7) is 1.24. The third-order valence-corrected chi connectivity index (χ3v) is 5.50. The Morgan fingerprint density at radius 1 is 1.03 bits per heavy atom. The van der Waals surface area contributed by atoms with Gasteiger partial charge in [-0.3, -0.25) is 0 Å². The summed E-state index contributed by atoms with van der Waals surface area (Å²) in [6.07, 6.45) is 11.8. The van der Waals surface area contributed by atoms with Gasteiger partial charge in [0.1, 0.15) is 41.8 Å². The lowest BCUT2D eigenvalue weighted by Gasteiger charge is -2.08. The average molecular weight is 480 g/mol. The zero-order valence-corrected chi connectivity index (χ0v) is 19.2. The molecule has 4 aromatic rings. The third-order valence-electron chi connectivity index (χ3n) is 5.50. The summed E-state index contributed by atoms with van der Waals surface area (Å²) in [5.74, 6) is 0.689. The Kier molecular flexibility index (Phi) is 8.40. The summed E-state index contributed by atoms with van der Waals surface area (Å²) in [4.78, 5) is 8.57. The van der Waals surface area contributed by atoms with Crippen LogP contribution in [0.15, 0.2) is 65.5 Å². The third kappa shape index (κ3) is 7.10. The second-order valence-corrected chi connectivity index (χ2v) is 8.08. The summed E-state index contributed by atoms with van der Waals surface area (Å²) < 4.78 is 40.0. The lowest BCUT2D eigenvalue weighted by atomic mass is 10.1. The Bertz CT molecular complexity index is 1250. The Hall–Kier alpha value is -3.78. The van der Waals surface area contributed by atoms with Gasteiger partial charge in [0, 0.05) is 43.1 Å². The largest absolute Gasteiger partial charge is 0.487 e. The van der Waals surface area contributed by atoms with Crippen LogP contribution in [0, 0.1) is 11.6 Å². The predicted molar refractivity (Wildman–Crippen MR) is 129 cm³/mol. The van der Waals surface area contributed by atoms with E-state index in [4.69, 9.17) is 14.3 Å². The van der Waals surface area contributed by atoms with Crippen LogP contribution in [0.1, 0.15) is 41.4 Å². The molecule has 0 saturated carbocycles. The first-order valence-corrected chi connectivity index (χ1v) is 11.5. The van der Waals surface area contributed by atoms with Crippen molar-refractivity contribution in [1.82, 2.24) is 14.5 Å². The number of aliphatic hydroxyl groups excluding tert-OH is 1. The smallest absolute Gasteiger partial charge is 0.218 e. The molecule has 1 N–H and O–H groups in total. The van der Waals surface area contributed by atoms with Gasteiger partial charge in [0.2, 0.25) is 5.89 Å². The molecule has 0 aliphatic heterocycles. The standard InChI is InChI=1S/C27H27F2N3O3/c28-22-8-6-21(25(29)17-22)7-11-27-31-23(19-35-27)18-34-24-9-4-20(5-10-24)3-1-2-14-32-15-13-30-26(32)12-16-33/h4-11,13,15,17,19,33H,1-3,12,14,16,18H2. The van der Waals surface area contributed by atoms with Crippen LogP contribution in [0.5, 0.6) is 5.75 Å². The number of nitrogens with zero attached hydrogens (tertiary/aromatic N) is 3. The minimum absolute atomic E-state index is 0.110. The van der Waals surface area contributed by atoms with Crippen molar-refractivity contribution in [2.24, 2.45) is 0 Å². The topological polar surface area (TPSA) is 73.3 Å². The number of imidazole rings is 1. The van der Waals surface area contributed by atoms with E-state index in [2.05, 4.69) is 26.7 Å². The molecule has 2 heterocycles. The van der Waals surface area contributed by atoms with Crippen LogP contribution in [0.25, 0.3) is 12.2 Å². The molecule has 2 aromatic carbocycles. The minimum Gasteiger partial charge on any atom is -0.487 e. The van der Waals surface area contributed by atoms with Gasteiger partial charge in [-0.15, -0.1) is 0 Å². The zero-order chi connectivity index (χ0) is 24.5. The second kappa shape index (κ2) is 12.1. The van der Waals surface area contributed by atoms with Gasteiger partial charge in [0.15, 0.2) is 0 Å². The van der Waals surface area contributed by atoms with Gasteiger partial charge < -0.3 is 18.8 Å². The summed E-state index contributed by atoms with van der Waals surface area (Å²) in [7, 11) is 0. The Labute approximate surface area is 202 Å². The molecular formula is C27H27F2N3O3. The average Bonchev–Trinajstić information content (AvgIpc) is 3.50. The highest BCUT2D eigenvalue weighted by molar-refractivity contribution is 5.66. The van der Waals surface area contributed by atoms with E-state index in [-0.39, 0.29) is 18.8 Å². The highest BCUT2D eigenvalue weighted by Crippen LogP contribution is 2.17. The molecule has 8 heteroatoms. The number of aromatic nitrogens is 3. The van der Waals surface area contributed by atoms with E-state index in [0.29, 0.717) is 18.0 Å². The second-order valence-electron chi connectivity index (χ2n) is 8.08. The van der Waals surface area contributed by atoms with Crippen molar-refractivity contribution in [1.29, 1.82) is 0 Å². The number of hydrogen-bond donors (Lipinski definition) is 1. The quantitative estimate of drug-likeness (QED) is 0.273. The van der Waals surface area contributed by atoms with Gasteiger partial charge in [0.25, 0.3) is 0 Å². The number of unbranched alkanes of at least 4 members (excludes halogenated alkanes) is 1. The molecule has 0 aliphatic carbocycles. The number of benzene rings is 2. The molecule has 0 atom stereocenters. The lowest BCUT2D eigenvalue weighted by Crippen LogP contribution is -2.05. The maximum Gasteiger partial charge on any atom is 0.218 e. The van der Waals surface area contributed by atoms with Crippen molar-refractivity contribution in [3.63, 3.8) is 0 Å². The van der Waals surface area contributed by atoms with Gasteiger partial charge in [-0.2, -0.15) is 0 Å². The van der Waals surface area contributed by atoms with E-state index in [1.165, 1.54) is 36.1 Å². The van der Waals surface area contributed by atoms with Gasteiger partial charge in [0.05, 0.1) is 6.61 Å². The zero-order valence-electron chi connectivity index (χ0n) is 19.2. The maximum atomic E-state index is 13.7. The van der Waals surface area contributed by atoms with Crippen molar-refractivity contribution in [2.45, 2.75) is 38.8 Å². The summed E-state index contributed by atoms with van der Waals surface area (Å²) in [5.41, 5.74) is 2.09. The molecule has 2 aromatic heterocycles. The summed E-state index contributed by atoms with van der Waals surface area (Å²) in [6, 6.07) is 11.4. The molecule has 0 bridgehead atoms. The van der Waals surface area contributed by atoms with Gasteiger partial charge in [-0.25, -0.2) is 18.7 Å². The van der Waals surface area contributed by atoms with Gasteiger partial charge >= 0.3 is 0 Å². The van der Waals surface area contributed by atoms with Crippen molar-refractivity contribution in [2.75, 3.05) is 6.61 Å². The maximum absolute atomic E-state index is 13.7. The molecule has 0 radical (unpaired) electrons. The Balaban J connectivity index is 1.20. The molecule has 0 amide bonds. The van der Waals surface area contributed by atoms with E-state index in [1.807, 2.05) is 18.3 Å². The van der Waals surface area contributed by atoms with Crippen LogP contribution in [-0.2, 0) is 26.0 Å². The van der Waals surface area contributed by atoms with Crippen molar-refractivity contribution < 1.29 is 23.0 Å². The van der Waals surface area contributed by atoms with Crippen LogP contribution in [0.2, 0.25) is 0 Å². The molecule has 0 fully saturated rings. The number of hydrogen-bond acceptors (Lipinski definition) is 5. The SMILES string of the molecule is OCCc1nccn1CCCCc1ccc(OCc2coc(C=Cc3ccc(F)cc3F)n2)cc1. The number of ether oxygens (including phenoxy) is 1. The summed E-state index contributed by atoms with van der Waals surface area (Å²) in [5, 5.41) is 9.09. The first-order valence-electron chi connectivity index (χ1n) is 11.5. The van der Waals surface area contributed by atoms with E-state index < -0.39 is 11.6 Å². The number of aliphatic hydroxyl groups is 1. The van der Waals surface area contributed by atoms with E-state index in [0.717, 1.165) is 43.4 Å². The molecule has 35 heavy (non-hydrogen) atoms. The van der Waals surface area contributed by atoms with Crippen LogP contribution in [0.3, 0.4) is 0 Å². The fourth-order valence-electron chi connectivity index (χ4n) is 3.66. The minimum atomic E-state index is -0.648. The van der Waals surface area contributed by atoms with Crippen molar-refractivity contribution >= 4 is 12.2 Å². The first kappa shape index (κ1) is 24.3. The molecule has 4 rings (SSSR count). The molecule has 0 aliphatic rings. The van der Waals surface area contributed by atoms with Gasteiger partial charge in [-0.05, 0) is 55.2 Å².